The van der Waals surface area contributed by atoms with Crippen molar-refractivity contribution < 1.29 is 19.4 Å². The molecule has 0 aliphatic carbocycles. The van der Waals surface area contributed by atoms with E-state index in [0.29, 0.717) is 12.1 Å². The lowest BCUT2D eigenvalue weighted by atomic mass is 10.1. The largest absolute Gasteiger partial charge is 0.469 e. The minimum atomic E-state index is -0.683. The van der Waals surface area contributed by atoms with Crippen LogP contribution >= 0.6 is 0 Å². The first-order valence-electron chi connectivity index (χ1n) is 6.02. The molecule has 9 heteroatoms. The van der Waals surface area contributed by atoms with Gasteiger partial charge in [0.15, 0.2) is 0 Å². The summed E-state index contributed by atoms with van der Waals surface area (Å²) >= 11 is 0. The zero-order chi connectivity index (χ0) is 16.0. The highest BCUT2D eigenvalue weighted by molar-refractivity contribution is 5.69. The van der Waals surface area contributed by atoms with Crippen LogP contribution in [0.5, 0.6) is 0 Å². The third-order valence-electron chi connectivity index (χ3n) is 2.84. The van der Waals surface area contributed by atoms with Gasteiger partial charge in [0.1, 0.15) is 0 Å². The van der Waals surface area contributed by atoms with E-state index in [2.05, 4.69) is 4.74 Å². The van der Waals surface area contributed by atoms with Gasteiger partial charge in [0, 0.05) is 24.7 Å². The molecule has 0 aliphatic heterocycles. The highest BCUT2D eigenvalue weighted by Gasteiger charge is 2.20. The standard InChI is InChI=1S/C12H15N3O6/c1-13(6-5-12(16)21-2)8-9-3-4-10(14(17)18)7-11(9)15(19)20/h3-4,7H,5-6,8H2,1-2H3. The number of carbonyl (C=O) groups excluding carboxylic acids is 1. The number of non-ortho nitro benzene ring substituents is 1. The Hall–Kier alpha value is -2.55. The fourth-order valence-electron chi connectivity index (χ4n) is 1.72. The second-order valence-electron chi connectivity index (χ2n) is 4.39. The molecule has 0 bridgehead atoms. The lowest BCUT2D eigenvalue weighted by Gasteiger charge is -2.15. The number of ether oxygens (including phenoxy) is 1. The van der Waals surface area contributed by atoms with Crippen LogP contribution in [0.4, 0.5) is 11.4 Å². The van der Waals surface area contributed by atoms with Crippen molar-refractivity contribution in [2.24, 2.45) is 0 Å². The Morgan fingerprint density at radius 3 is 2.48 bits per heavy atom. The van der Waals surface area contributed by atoms with Crippen molar-refractivity contribution in [1.82, 2.24) is 4.90 Å². The lowest BCUT2D eigenvalue weighted by molar-refractivity contribution is -0.394. The summed E-state index contributed by atoms with van der Waals surface area (Å²) in [7, 11) is 2.97. The van der Waals surface area contributed by atoms with Crippen LogP contribution in [-0.4, -0.2) is 41.4 Å². The van der Waals surface area contributed by atoms with E-state index in [0.717, 1.165) is 6.07 Å². The van der Waals surface area contributed by atoms with Crippen LogP contribution in [0.15, 0.2) is 18.2 Å². The van der Waals surface area contributed by atoms with E-state index in [-0.39, 0.29) is 30.3 Å². The number of hydrogen-bond acceptors (Lipinski definition) is 7. The monoisotopic (exact) mass is 297 g/mol. The molecule has 0 aliphatic rings. The van der Waals surface area contributed by atoms with Crippen LogP contribution in [0.25, 0.3) is 0 Å². The Morgan fingerprint density at radius 1 is 1.29 bits per heavy atom. The van der Waals surface area contributed by atoms with Gasteiger partial charge in [-0.15, -0.1) is 0 Å². The molecule has 0 N–H and O–H groups in total. The maximum absolute atomic E-state index is 11.0. The van der Waals surface area contributed by atoms with Gasteiger partial charge in [0.05, 0.1) is 29.4 Å². The predicted molar refractivity (Wildman–Crippen MR) is 72.7 cm³/mol. The second kappa shape index (κ2) is 7.29. The molecule has 0 saturated heterocycles. The maximum atomic E-state index is 11.0. The number of carbonyl (C=O) groups is 1. The fourth-order valence-corrected chi connectivity index (χ4v) is 1.72. The van der Waals surface area contributed by atoms with Crippen molar-refractivity contribution >= 4 is 17.3 Å². The summed E-state index contributed by atoms with van der Waals surface area (Å²) in [6.45, 7) is 0.562. The molecule has 0 spiro atoms. The molecule has 1 rings (SSSR count). The van der Waals surface area contributed by atoms with Crippen molar-refractivity contribution in [3.8, 4) is 0 Å². The molecular weight excluding hydrogens is 282 g/mol. The molecule has 0 fully saturated rings. The van der Waals surface area contributed by atoms with E-state index in [4.69, 9.17) is 0 Å². The van der Waals surface area contributed by atoms with Gasteiger partial charge in [0.25, 0.3) is 11.4 Å². The van der Waals surface area contributed by atoms with Gasteiger partial charge in [-0.1, -0.05) is 0 Å². The first-order chi connectivity index (χ1) is 9.85. The number of methoxy groups -OCH3 is 1. The Balaban J connectivity index is 2.85. The molecule has 0 unspecified atom stereocenters. The van der Waals surface area contributed by atoms with Crippen LogP contribution in [0.2, 0.25) is 0 Å². The third kappa shape index (κ3) is 4.80. The van der Waals surface area contributed by atoms with Gasteiger partial charge in [-0.2, -0.15) is 0 Å². The van der Waals surface area contributed by atoms with Gasteiger partial charge in [0.2, 0.25) is 0 Å². The van der Waals surface area contributed by atoms with Crippen molar-refractivity contribution in [3.05, 3.63) is 44.0 Å². The number of hydrogen-bond donors (Lipinski definition) is 0. The summed E-state index contributed by atoms with van der Waals surface area (Å²) in [6, 6.07) is 3.50. The Bertz CT molecular complexity index is 560. The van der Waals surface area contributed by atoms with E-state index in [1.807, 2.05) is 0 Å². The normalized spacial score (nSPS) is 10.4. The Labute approximate surface area is 120 Å². The molecule has 9 nitrogen and oxygen atoms in total. The van der Waals surface area contributed by atoms with E-state index in [1.54, 1.807) is 11.9 Å². The molecular formula is C12H15N3O6. The first-order valence-corrected chi connectivity index (χ1v) is 6.02. The summed E-state index contributed by atoms with van der Waals surface area (Å²) in [5, 5.41) is 21.6. The smallest absolute Gasteiger partial charge is 0.306 e. The fraction of sp³-hybridized carbons (Fsp3) is 0.417. The Morgan fingerprint density at radius 2 is 1.95 bits per heavy atom. The summed E-state index contributed by atoms with van der Waals surface area (Å²) in [4.78, 5) is 33.0. The average Bonchev–Trinajstić information content (AvgIpc) is 2.44. The zero-order valence-corrected chi connectivity index (χ0v) is 11.6. The summed E-state index contributed by atoms with van der Waals surface area (Å²) in [6.07, 6.45) is 0.160. The lowest BCUT2D eigenvalue weighted by Crippen LogP contribution is -2.22. The minimum absolute atomic E-state index is 0.160. The molecule has 1 aromatic rings. The van der Waals surface area contributed by atoms with Crippen molar-refractivity contribution in [1.29, 1.82) is 0 Å². The molecule has 0 radical (unpaired) electrons. The minimum Gasteiger partial charge on any atom is -0.469 e. The third-order valence-corrected chi connectivity index (χ3v) is 2.84. The quantitative estimate of drug-likeness (QED) is 0.425. The van der Waals surface area contributed by atoms with E-state index >= 15 is 0 Å². The van der Waals surface area contributed by atoms with Crippen molar-refractivity contribution in [3.63, 3.8) is 0 Å². The van der Waals surface area contributed by atoms with Crippen molar-refractivity contribution in [2.45, 2.75) is 13.0 Å². The zero-order valence-electron chi connectivity index (χ0n) is 11.6. The van der Waals surface area contributed by atoms with Gasteiger partial charge in [-0.3, -0.25) is 25.0 Å². The van der Waals surface area contributed by atoms with Crippen LogP contribution in [-0.2, 0) is 16.1 Å². The Kier molecular flexibility index (Phi) is 5.73. The first kappa shape index (κ1) is 16.5. The summed E-state index contributed by atoms with van der Waals surface area (Å²) < 4.78 is 4.51. The number of rotatable bonds is 7. The van der Waals surface area contributed by atoms with Gasteiger partial charge < -0.3 is 9.64 Å². The number of nitro groups is 2. The second-order valence-corrected chi connectivity index (χ2v) is 4.39. The topological polar surface area (TPSA) is 116 Å². The number of benzene rings is 1. The number of nitro benzene ring substituents is 2. The molecule has 0 amide bonds. The van der Waals surface area contributed by atoms with Crippen LogP contribution < -0.4 is 0 Å². The van der Waals surface area contributed by atoms with Crippen LogP contribution in [0, 0.1) is 20.2 Å². The van der Waals surface area contributed by atoms with E-state index in [9.17, 15) is 25.0 Å². The molecule has 0 saturated carbocycles. The maximum Gasteiger partial charge on any atom is 0.306 e. The highest BCUT2D eigenvalue weighted by atomic mass is 16.6. The molecule has 0 atom stereocenters. The average molecular weight is 297 g/mol. The molecule has 1 aromatic carbocycles. The number of esters is 1. The summed E-state index contributed by atoms with van der Waals surface area (Å²) in [5.41, 5.74) is -0.297. The SMILES string of the molecule is COC(=O)CCN(C)Cc1ccc([N+](=O)[O-])cc1[N+](=O)[O-]. The van der Waals surface area contributed by atoms with Gasteiger partial charge in [-0.25, -0.2) is 0 Å². The molecule has 114 valence electrons. The van der Waals surface area contributed by atoms with Gasteiger partial charge in [-0.05, 0) is 13.1 Å². The molecule has 0 heterocycles. The number of nitrogens with zero attached hydrogens (tertiary/aromatic N) is 3. The van der Waals surface area contributed by atoms with E-state index in [1.165, 1.54) is 19.2 Å². The highest BCUT2D eigenvalue weighted by Crippen LogP contribution is 2.25. The van der Waals surface area contributed by atoms with Crippen LogP contribution in [0.3, 0.4) is 0 Å². The summed E-state index contributed by atoms with van der Waals surface area (Å²) in [5.74, 6) is -0.375. The van der Waals surface area contributed by atoms with Crippen LogP contribution in [0.1, 0.15) is 12.0 Å². The van der Waals surface area contributed by atoms with E-state index < -0.39 is 9.85 Å². The predicted octanol–water partition coefficient (Wildman–Crippen LogP) is 1.50. The van der Waals surface area contributed by atoms with Gasteiger partial charge >= 0.3 is 5.97 Å². The van der Waals surface area contributed by atoms with Crippen molar-refractivity contribution in [2.75, 3.05) is 20.7 Å². The molecule has 21 heavy (non-hydrogen) atoms. The molecule has 0 aromatic heterocycles.